The summed E-state index contributed by atoms with van der Waals surface area (Å²) in [4.78, 5) is 0. The Morgan fingerprint density at radius 2 is 0.322 bits per heavy atom. The third-order valence-corrected chi connectivity index (χ3v) is 14.1. The molecule has 0 atom stereocenters. The zero-order chi connectivity index (χ0) is 42.3. The molecular weight excluding hydrogens is 728 g/mol. The molecule has 59 heavy (non-hydrogen) atoms. The van der Waals surface area contributed by atoms with Crippen LogP contribution < -0.4 is 0 Å². The second-order valence-electron chi connectivity index (χ2n) is 19.5. The molecule has 0 unspecified atom stereocenters. The lowest BCUT2D eigenvalue weighted by Crippen LogP contribution is -1.84. The van der Waals surface area contributed by atoms with E-state index in [9.17, 15) is 0 Å². The van der Waals surface area contributed by atoms with Gasteiger partial charge in [-0.3, -0.25) is 0 Å². The highest BCUT2D eigenvalue weighted by Gasteiger charge is 1.98. The van der Waals surface area contributed by atoms with Gasteiger partial charge in [0.25, 0.3) is 0 Å². The number of unbranched alkanes of at least 4 members (excludes halogenated alkanes) is 50. The quantitative estimate of drug-likeness (QED) is 0.0423. The second kappa shape index (κ2) is 57.9. The molecule has 0 bridgehead atoms. The molecule has 0 aromatic carbocycles. The van der Waals surface area contributed by atoms with Gasteiger partial charge in [-0.25, -0.2) is 0 Å². The van der Waals surface area contributed by atoms with Gasteiger partial charge in [0.05, 0.1) is 0 Å². The van der Waals surface area contributed by atoms with Crippen LogP contribution in [0.25, 0.3) is 0 Å². The fourth-order valence-electron chi connectivity index (χ4n) is 9.12. The summed E-state index contributed by atoms with van der Waals surface area (Å²) in [6.07, 6.45) is 80.9. The molecule has 0 nitrogen and oxygen atoms in total. The van der Waals surface area contributed by atoms with Crippen molar-refractivity contribution < 1.29 is 0 Å². The van der Waals surface area contributed by atoms with Gasteiger partial charge in [-0.1, -0.05) is 346 Å². The van der Waals surface area contributed by atoms with Gasteiger partial charge in [-0.05, 0) is 34.3 Å². The number of rotatable bonds is 54. The third kappa shape index (κ3) is 57.9. The third-order valence-electron chi connectivity index (χ3n) is 13.3. The summed E-state index contributed by atoms with van der Waals surface area (Å²) in [5.74, 6) is 4.74. The Balaban J connectivity index is 3.14. The monoisotopic (exact) mass is 842 g/mol. The molecule has 0 fully saturated rings. The molecule has 0 aliphatic rings. The van der Waals surface area contributed by atoms with Gasteiger partial charge in [-0.2, -0.15) is 0 Å². The smallest absolute Gasteiger partial charge is 0.0267 e. The molecule has 351 valence electrons. The van der Waals surface area contributed by atoms with Crippen molar-refractivity contribution in [1.82, 2.24) is 0 Å². The Hall–Kier alpha value is -0.0900. The Morgan fingerprint density at radius 1 is 0.186 bits per heavy atom. The highest BCUT2D eigenvalue weighted by molar-refractivity contribution is 7.45. The predicted octanol–water partition coefficient (Wildman–Crippen LogP) is 23.3. The normalized spacial score (nSPS) is 12.0. The van der Waals surface area contributed by atoms with E-state index in [0.717, 1.165) is 0 Å². The largest absolute Gasteiger partial charge is 0.0834 e. The highest BCUT2D eigenvalue weighted by Crippen LogP contribution is 2.20. The molecule has 0 aromatic rings. The second-order valence-corrected chi connectivity index (χ2v) is 20.4. The lowest BCUT2D eigenvalue weighted by atomic mass is 10.0. The van der Waals surface area contributed by atoms with Crippen molar-refractivity contribution in [2.45, 2.75) is 348 Å². The number of hydrogen-bond acceptors (Lipinski definition) is 0. The summed E-state index contributed by atoms with van der Waals surface area (Å²) in [5, 5.41) is 0. The van der Waals surface area contributed by atoms with Gasteiger partial charge in [0.15, 0.2) is 0 Å². The van der Waals surface area contributed by atoms with Gasteiger partial charge in [0.2, 0.25) is 0 Å². The highest BCUT2D eigenvalue weighted by atomic mass is 31.1. The first-order chi connectivity index (χ1) is 29.4. The molecule has 0 aromatic heterocycles. The van der Waals surface area contributed by atoms with E-state index in [4.69, 9.17) is 0 Å². The van der Waals surface area contributed by atoms with Crippen molar-refractivity contribution in [2.24, 2.45) is 0 Å². The van der Waals surface area contributed by atoms with E-state index in [1.165, 1.54) is 342 Å². The van der Waals surface area contributed by atoms with Gasteiger partial charge < -0.3 is 0 Å². The fourth-order valence-corrected chi connectivity index (χ4v) is 9.76. The van der Waals surface area contributed by atoms with Crippen molar-refractivity contribution >= 4 is 8.58 Å². The first-order valence-corrected chi connectivity index (χ1v) is 29.4. The summed E-state index contributed by atoms with van der Waals surface area (Å²) < 4.78 is 0. The van der Waals surface area contributed by atoms with E-state index in [2.05, 4.69) is 37.6 Å². The Labute approximate surface area is 378 Å². The minimum Gasteiger partial charge on any atom is -0.0834 e. The summed E-state index contributed by atoms with van der Waals surface area (Å²) in [6.45, 7) is 4.62. The summed E-state index contributed by atoms with van der Waals surface area (Å²) in [7, 11) is 1.38. The molecule has 1 radical (unpaired) electrons. The summed E-state index contributed by atoms with van der Waals surface area (Å²) in [5.41, 5.74) is 0. The summed E-state index contributed by atoms with van der Waals surface area (Å²) >= 11 is 0. The molecule has 0 saturated carbocycles. The van der Waals surface area contributed by atoms with Crippen molar-refractivity contribution in [3.63, 3.8) is 0 Å². The molecular formula is C58H114P. The maximum atomic E-state index is 2.42. The van der Waals surface area contributed by atoms with Crippen LogP contribution in [0.5, 0.6) is 0 Å². The Morgan fingerprint density at radius 3 is 0.475 bits per heavy atom. The minimum atomic E-state index is 1.28. The van der Waals surface area contributed by atoms with Crippen LogP contribution >= 0.6 is 8.58 Å². The van der Waals surface area contributed by atoms with E-state index in [1.54, 1.807) is 0 Å². The lowest BCUT2D eigenvalue weighted by molar-refractivity contribution is 0.516. The predicted molar refractivity (Wildman–Crippen MR) is 277 cm³/mol. The number of allylic oxidation sites excluding steroid dienone is 2. The van der Waals surface area contributed by atoms with E-state index in [0.29, 0.717) is 0 Å². The van der Waals surface area contributed by atoms with Crippen LogP contribution in [0.2, 0.25) is 0 Å². The number of hydrogen-bond donors (Lipinski definition) is 0. The maximum Gasteiger partial charge on any atom is -0.0267 e. The SMILES string of the molecule is CCCCCCCCCCCCCCCCCCCCCCCCCCC/C=C/[P]/C=C/CCCCCCCCCCCCCCCCCCCCCCCCCCC. The molecule has 0 saturated heterocycles. The van der Waals surface area contributed by atoms with Crippen LogP contribution in [0.3, 0.4) is 0 Å². The van der Waals surface area contributed by atoms with Gasteiger partial charge in [-0.15, -0.1) is 0 Å². The zero-order valence-corrected chi connectivity index (χ0v) is 42.4. The van der Waals surface area contributed by atoms with Crippen molar-refractivity contribution in [3.05, 3.63) is 23.8 Å². The van der Waals surface area contributed by atoms with Crippen LogP contribution in [-0.4, -0.2) is 0 Å². The first-order valence-electron chi connectivity index (χ1n) is 28.4. The van der Waals surface area contributed by atoms with Gasteiger partial charge >= 0.3 is 0 Å². The molecule has 0 N–H and O–H groups in total. The van der Waals surface area contributed by atoms with Crippen LogP contribution in [0, 0.1) is 0 Å². The van der Waals surface area contributed by atoms with Crippen LogP contribution in [0.1, 0.15) is 348 Å². The molecule has 0 amide bonds. The minimum absolute atomic E-state index is 1.28. The molecule has 0 aliphatic heterocycles. The van der Waals surface area contributed by atoms with Gasteiger partial charge in [0, 0.05) is 0 Å². The molecule has 0 heterocycles. The van der Waals surface area contributed by atoms with Crippen molar-refractivity contribution in [2.75, 3.05) is 0 Å². The van der Waals surface area contributed by atoms with E-state index in [-0.39, 0.29) is 0 Å². The molecule has 0 aliphatic carbocycles. The van der Waals surface area contributed by atoms with Gasteiger partial charge in [0.1, 0.15) is 0 Å². The Kier molecular flexibility index (Phi) is 57.8. The van der Waals surface area contributed by atoms with Crippen LogP contribution in [0.4, 0.5) is 0 Å². The van der Waals surface area contributed by atoms with Crippen LogP contribution in [0.15, 0.2) is 23.8 Å². The average Bonchev–Trinajstić information content (AvgIpc) is 3.25. The average molecular weight is 843 g/mol. The lowest BCUT2D eigenvalue weighted by Gasteiger charge is -2.04. The van der Waals surface area contributed by atoms with E-state index >= 15 is 0 Å². The van der Waals surface area contributed by atoms with Crippen LogP contribution in [-0.2, 0) is 0 Å². The van der Waals surface area contributed by atoms with Crippen molar-refractivity contribution in [3.8, 4) is 0 Å². The topological polar surface area (TPSA) is 0 Å². The standard InChI is InChI=1S/C58H114P/c1-3-5-7-9-11-13-15-17-19-21-23-25-27-29-31-33-35-37-39-41-43-45-47-49-51-53-55-57-59-58-56-54-52-50-48-46-44-42-40-38-36-34-32-30-28-26-24-22-20-18-16-14-12-10-8-6-4-2/h55-58H,3-54H2,1-2H3/b57-55+,58-56+. The van der Waals surface area contributed by atoms with E-state index in [1.807, 2.05) is 0 Å². The summed E-state index contributed by atoms with van der Waals surface area (Å²) in [6, 6.07) is 0. The molecule has 1 heteroatoms. The molecule has 0 rings (SSSR count). The van der Waals surface area contributed by atoms with E-state index < -0.39 is 0 Å². The van der Waals surface area contributed by atoms with Crippen molar-refractivity contribution in [1.29, 1.82) is 0 Å². The first kappa shape index (κ1) is 58.9. The fraction of sp³-hybridized carbons (Fsp3) is 0.931. The zero-order valence-electron chi connectivity index (χ0n) is 41.5. The maximum absolute atomic E-state index is 2.42. The molecule has 0 spiro atoms. The Bertz CT molecular complexity index is 690.